The van der Waals surface area contributed by atoms with Crippen LogP contribution in [0, 0.1) is 13.8 Å². The van der Waals surface area contributed by atoms with Crippen LogP contribution >= 0.6 is 23.4 Å². The molecule has 5 nitrogen and oxygen atoms in total. The normalized spacial score (nSPS) is 13.9. The van der Waals surface area contributed by atoms with Gasteiger partial charge >= 0.3 is 0 Å². The summed E-state index contributed by atoms with van der Waals surface area (Å²) in [6, 6.07) is 10.1. The molecule has 0 amide bonds. The molecule has 0 bridgehead atoms. The molecular weight excluding hydrogens is 380 g/mol. The predicted octanol–water partition coefficient (Wildman–Crippen LogP) is 4.86. The summed E-state index contributed by atoms with van der Waals surface area (Å²) in [7, 11) is 1.89. The fourth-order valence-electron chi connectivity index (χ4n) is 3.48. The van der Waals surface area contributed by atoms with E-state index >= 15 is 0 Å². The minimum Gasteiger partial charge on any atom is -0.345 e. The van der Waals surface area contributed by atoms with Crippen LogP contribution in [0.4, 0.5) is 0 Å². The fourth-order valence-corrected chi connectivity index (χ4v) is 4.49. The number of benzene rings is 1. The van der Waals surface area contributed by atoms with Gasteiger partial charge in [-0.3, -0.25) is 4.79 Å². The molecule has 7 heteroatoms. The average Bonchev–Trinajstić information content (AvgIpc) is 3.34. The van der Waals surface area contributed by atoms with Crippen molar-refractivity contribution >= 4 is 29.1 Å². The first-order valence-corrected chi connectivity index (χ1v) is 10.3. The highest BCUT2D eigenvalue weighted by atomic mass is 35.5. The van der Waals surface area contributed by atoms with Gasteiger partial charge in [-0.2, -0.15) is 0 Å². The molecule has 1 fully saturated rings. The topological polar surface area (TPSA) is 52.7 Å². The maximum Gasteiger partial charge on any atom is 0.191 e. The number of halogens is 1. The average molecular weight is 401 g/mol. The molecule has 0 aliphatic heterocycles. The predicted molar refractivity (Wildman–Crippen MR) is 109 cm³/mol. The highest BCUT2D eigenvalue weighted by Gasteiger charge is 2.28. The lowest BCUT2D eigenvalue weighted by atomic mass is 10.2. The van der Waals surface area contributed by atoms with Crippen molar-refractivity contribution in [2.24, 2.45) is 7.05 Å². The Kier molecular flexibility index (Phi) is 4.86. The minimum atomic E-state index is 0.127. The second-order valence-corrected chi connectivity index (χ2v) is 8.29. The second kappa shape index (κ2) is 7.17. The standard InChI is InChI=1S/C20H21ClN4OS/c1-12-10-16(13(2)25(12)14-8-9-14)18(26)11-27-20-23-22-19(24(20)3)15-6-4-5-7-17(15)21/h4-7,10,14H,8-9,11H2,1-3H3. The third-order valence-electron chi connectivity index (χ3n) is 4.98. The van der Waals surface area contributed by atoms with Crippen LogP contribution < -0.4 is 0 Å². The lowest BCUT2D eigenvalue weighted by Crippen LogP contribution is -2.06. The first-order valence-electron chi connectivity index (χ1n) is 8.96. The molecule has 2 heterocycles. The van der Waals surface area contributed by atoms with Gasteiger partial charge in [-0.25, -0.2) is 0 Å². The largest absolute Gasteiger partial charge is 0.345 e. The van der Waals surface area contributed by atoms with Crippen molar-refractivity contribution in [3.8, 4) is 11.4 Å². The Hall–Kier alpha value is -2.05. The number of rotatable bonds is 6. The maximum atomic E-state index is 12.8. The smallest absolute Gasteiger partial charge is 0.191 e. The quantitative estimate of drug-likeness (QED) is 0.437. The van der Waals surface area contributed by atoms with Crippen LogP contribution in [0.1, 0.15) is 40.6 Å². The summed E-state index contributed by atoms with van der Waals surface area (Å²) in [6.45, 7) is 4.12. The fraction of sp³-hybridized carbons (Fsp3) is 0.350. The van der Waals surface area contributed by atoms with Gasteiger partial charge in [-0.1, -0.05) is 35.5 Å². The van der Waals surface area contributed by atoms with Gasteiger partial charge in [0.1, 0.15) is 0 Å². The summed E-state index contributed by atoms with van der Waals surface area (Å²) < 4.78 is 4.18. The molecule has 27 heavy (non-hydrogen) atoms. The Bertz CT molecular complexity index is 1020. The number of thioether (sulfide) groups is 1. The van der Waals surface area contributed by atoms with E-state index in [1.54, 1.807) is 0 Å². The maximum absolute atomic E-state index is 12.8. The van der Waals surface area contributed by atoms with Gasteiger partial charge in [0.2, 0.25) is 0 Å². The van der Waals surface area contributed by atoms with Crippen molar-refractivity contribution in [3.05, 3.63) is 52.3 Å². The van der Waals surface area contributed by atoms with Gasteiger partial charge in [-0.15, -0.1) is 10.2 Å². The van der Waals surface area contributed by atoms with Crippen LogP contribution in [0.3, 0.4) is 0 Å². The summed E-state index contributed by atoms with van der Waals surface area (Å²) in [5.41, 5.74) is 3.90. The van der Waals surface area contributed by atoms with Gasteiger partial charge in [0.15, 0.2) is 16.8 Å². The Morgan fingerprint density at radius 2 is 2.00 bits per heavy atom. The molecule has 0 atom stereocenters. The van der Waals surface area contributed by atoms with E-state index in [9.17, 15) is 4.79 Å². The van der Waals surface area contributed by atoms with E-state index in [0.29, 0.717) is 27.8 Å². The van der Waals surface area contributed by atoms with Crippen LogP contribution in [0.15, 0.2) is 35.5 Å². The van der Waals surface area contributed by atoms with Crippen LogP contribution in [-0.4, -0.2) is 30.9 Å². The van der Waals surface area contributed by atoms with Crippen LogP contribution in [-0.2, 0) is 7.05 Å². The van der Waals surface area contributed by atoms with Crippen molar-refractivity contribution in [1.82, 2.24) is 19.3 Å². The molecule has 4 rings (SSSR count). The van der Waals surface area contributed by atoms with Crippen LogP contribution in [0.2, 0.25) is 5.02 Å². The first-order chi connectivity index (χ1) is 13.0. The number of aryl methyl sites for hydroxylation is 1. The van der Waals surface area contributed by atoms with Crippen LogP contribution in [0.5, 0.6) is 0 Å². The lowest BCUT2D eigenvalue weighted by Gasteiger charge is -2.07. The number of Topliss-reactive ketones (excluding diaryl/α,β-unsaturated/α-hetero) is 1. The summed E-state index contributed by atoms with van der Waals surface area (Å²) in [5.74, 6) is 1.16. The van der Waals surface area contributed by atoms with E-state index in [4.69, 9.17) is 11.6 Å². The van der Waals surface area contributed by atoms with Gasteiger partial charge in [0.05, 0.1) is 10.8 Å². The summed E-state index contributed by atoms with van der Waals surface area (Å²) in [4.78, 5) is 12.8. The van der Waals surface area contributed by atoms with Crippen molar-refractivity contribution < 1.29 is 4.79 Å². The molecule has 0 spiro atoms. The van der Waals surface area contributed by atoms with E-state index < -0.39 is 0 Å². The summed E-state index contributed by atoms with van der Waals surface area (Å²) in [6.07, 6.45) is 2.42. The summed E-state index contributed by atoms with van der Waals surface area (Å²) in [5, 5.41) is 9.83. The van der Waals surface area contributed by atoms with Gasteiger partial charge in [0, 0.05) is 35.6 Å². The first kappa shape index (κ1) is 18.3. The highest BCUT2D eigenvalue weighted by molar-refractivity contribution is 7.99. The number of hydrogen-bond donors (Lipinski definition) is 0. The zero-order chi connectivity index (χ0) is 19.1. The third kappa shape index (κ3) is 3.44. The Balaban J connectivity index is 1.51. The number of hydrogen-bond acceptors (Lipinski definition) is 4. The number of nitrogens with zero attached hydrogens (tertiary/aromatic N) is 4. The molecule has 140 valence electrons. The van der Waals surface area contributed by atoms with E-state index in [0.717, 1.165) is 16.8 Å². The molecule has 1 aliphatic carbocycles. The van der Waals surface area contributed by atoms with Crippen molar-refractivity contribution in [2.75, 3.05) is 5.75 Å². The van der Waals surface area contributed by atoms with Crippen molar-refractivity contribution in [1.29, 1.82) is 0 Å². The van der Waals surface area contributed by atoms with Gasteiger partial charge in [-0.05, 0) is 44.9 Å². The SMILES string of the molecule is Cc1cc(C(=O)CSc2nnc(-c3ccccc3Cl)n2C)c(C)n1C1CC1. The highest BCUT2D eigenvalue weighted by Crippen LogP contribution is 2.38. The van der Waals surface area contributed by atoms with E-state index in [-0.39, 0.29) is 5.78 Å². The van der Waals surface area contributed by atoms with E-state index in [1.807, 2.05) is 48.9 Å². The zero-order valence-electron chi connectivity index (χ0n) is 15.6. The number of carbonyl (C=O) groups is 1. The number of ketones is 1. The Morgan fingerprint density at radius 3 is 2.70 bits per heavy atom. The monoisotopic (exact) mass is 400 g/mol. The molecule has 3 aromatic rings. The minimum absolute atomic E-state index is 0.127. The number of carbonyl (C=O) groups excluding carboxylic acids is 1. The molecule has 1 aliphatic rings. The second-order valence-electron chi connectivity index (χ2n) is 6.94. The molecule has 0 saturated heterocycles. The van der Waals surface area contributed by atoms with Gasteiger partial charge < -0.3 is 9.13 Å². The third-order valence-corrected chi connectivity index (χ3v) is 6.33. The van der Waals surface area contributed by atoms with Crippen molar-refractivity contribution in [2.45, 2.75) is 37.9 Å². The lowest BCUT2D eigenvalue weighted by molar-refractivity contribution is 0.102. The van der Waals surface area contributed by atoms with E-state index in [2.05, 4.69) is 21.7 Å². The molecule has 1 aromatic carbocycles. The Labute approximate surface area is 167 Å². The van der Waals surface area contributed by atoms with Crippen molar-refractivity contribution in [3.63, 3.8) is 0 Å². The molecule has 0 radical (unpaired) electrons. The molecular formula is C20H21ClN4OS. The summed E-state index contributed by atoms with van der Waals surface area (Å²) >= 11 is 7.67. The molecule has 2 aromatic heterocycles. The molecule has 0 N–H and O–H groups in total. The van der Waals surface area contributed by atoms with Gasteiger partial charge in [0.25, 0.3) is 0 Å². The number of aromatic nitrogens is 4. The van der Waals surface area contributed by atoms with E-state index in [1.165, 1.54) is 30.3 Å². The molecule has 0 unspecified atom stereocenters. The van der Waals surface area contributed by atoms with Crippen LogP contribution in [0.25, 0.3) is 11.4 Å². The zero-order valence-corrected chi connectivity index (χ0v) is 17.1. The Morgan fingerprint density at radius 1 is 1.26 bits per heavy atom. The molecule has 1 saturated carbocycles.